The number of ether oxygens (including phenoxy) is 1. The summed E-state index contributed by atoms with van der Waals surface area (Å²) in [5.74, 6) is 0.739. The van der Waals surface area contributed by atoms with Crippen LogP contribution < -0.4 is 10.1 Å². The van der Waals surface area contributed by atoms with E-state index in [1.807, 2.05) is 66.4 Å². The van der Waals surface area contributed by atoms with Gasteiger partial charge in [-0.05, 0) is 38.0 Å². The zero-order valence-electron chi connectivity index (χ0n) is 17.9. The first-order valence-corrected chi connectivity index (χ1v) is 10.6. The number of carbonyl (C=O) groups is 2. The van der Waals surface area contributed by atoms with Crippen molar-refractivity contribution in [3.8, 4) is 5.75 Å². The predicted octanol–water partition coefficient (Wildman–Crippen LogP) is 3.52. The molecule has 2 heterocycles. The molecule has 1 aliphatic heterocycles. The number of aryl methyl sites for hydroxylation is 1. The molecule has 2 amide bonds. The molecule has 6 heteroatoms. The summed E-state index contributed by atoms with van der Waals surface area (Å²) in [6.45, 7) is 3.17. The normalized spacial score (nSPS) is 14.5. The van der Waals surface area contributed by atoms with Crippen molar-refractivity contribution in [3.05, 3.63) is 71.4 Å². The molecule has 1 N–H and O–H groups in total. The Morgan fingerprint density at radius 3 is 2.58 bits per heavy atom. The van der Waals surface area contributed by atoms with Gasteiger partial charge in [0.05, 0.1) is 24.6 Å². The first kappa shape index (κ1) is 20.8. The van der Waals surface area contributed by atoms with E-state index in [1.165, 1.54) is 0 Å². The fraction of sp³-hybridized carbons (Fsp3) is 0.320. The molecule has 4 rings (SSSR count). The van der Waals surface area contributed by atoms with Crippen molar-refractivity contribution in [2.75, 3.05) is 20.2 Å². The molecule has 0 bridgehead atoms. The Kier molecular flexibility index (Phi) is 6.16. The van der Waals surface area contributed by atoms with Gasteiger partial charge in [0.25, 0.3) is 5.91 Å². The highest BCUT2D eigenvalue weighted by Crippen LogP contribution is 2.21. The maximum absolute atomic E-state index is 13.0. The minimum Gasteiger partial charge on any atom is -0.496 e. The molecule has 0 unspecified atom stereocenters. The van der Waals surface area contributed by atoms with E-state index in [0.717, 1.165) is 40.8 Å². The molecule has 31 heavy (non-hydrogen) atoms. The molecule has 1 saturated heterocycles. The quantitative estimate of drug-likeness (QED) is 0.690. The summed E-state index contributed by atoms with van der Waals surface area (Å²) in [6, 6.07) is 17.2. The lowest BCUT2D eigenvalue weighted by molar-refractivity contribution is -0.131. The number of methoxy groups -OCH3 is 1. The van der Waals surface area contributed by atoms with Crippen LogP contribution in [-0.4, -0.2) is 47.9 Å². The molecular weight excluding hydrogens is 390 g/mol. The maximum Gasteiger partial charge on any atom is 0.252 e. The number of hydrogen-bond acceptors (Lipinski definition) is 4. The second-order valence-electron chi connectivity index (χ2n) is 7.95. The number of likely N-dealkylation sites (tertiary alicyclic amines) is 1. The van der Waals surface area contributed by atoms with Crippen molar-refractivity contribution in [3.63, 3.8) is 0 Å². The zero-order chi connectivity index (χ0) is 21.8. The number of nitrogens with zero attached hydrogens (tertiary/aromatic N) is 2. The van der Waals surface area contributed by atoms with E-state index >= 15 is 0 Å². The van der Waals surface area contributed by atoms with E-state index in [-0.39, 0.29) is 17.9 Å². The minimum absolute atomic E-state index is 0.0510. The van der Waals surface area contributed by atoms with Gasteiger partial charge in [-0.25, -0.2) is 0 Å². The average Bonchev–Trinajstić information content (AvgIpc) is 2.79. The van der Waals surface area contributed by atoms with Gasteiger partial charge >= 0.3 is 0 Å². The predicted molar refractivity (Wildman–Crippen MR) is 120 cm³/mol. The highest BCUT2D eigenvalue weighted by molar-refractivity contribution is 6.06. The third-order valence-electron chi connectivity index (χ3n) is 5.81. The average molecular weight is 418 g/mol. The van der Waals surface area contributed by atoms with Gasteiger partial charge < -0.3 is 15.0 Å². The number of pyridine rings is 1. The fourth-order valence-corrected chi connectivity index (χ4v) is 4.16. The van der Waals surface area contributed by atoms with E-state index in [0.29, 0.717) is 25.1 Å². The maximum atomic E-state index is 13.0. The van der Waals surface area contributed by atoms with Gasteiger partial charge in [-0.15, -0.1) is 0 Å². The highest BCUT2D eigenvalue weighted by Gasteiger charge is 2.25. The second kappa shape index (κ2) is 9.16. The van der Waals surface area contributed by atoms with E-state index < -0.39 is 0 Å². The van der Waals surface area contributed by atoms with Crippen LogP contribution in [0.25, 0.3) is 10.9 Å². The summed E-state index contributed by atoms with van der Waals surface area (Å²) >= 11 is 0. The number of nitrogens with one attached hydrogen (secondary N) is 1. The molecule has 1 fully saturated rings. The van der Waals surface area contributed by atoms with Gasteiger partial charge in [-0.2, -0.15) is 0 Å². The number of aromatic nitrogens is 1. The zero-order valence-corrected chi connectivity index (χ0v) is 17.9. The van der Waals surface area contributed by atoms with Crippen molar-refractivity contribution >= 4 is 22.7 Å². The van der Waals surface area contributed by atoms with Gasteiger partial charge in [0.15, 0.2) is 0 Å². The van der Waals surface area contributed by atoms with Crippen LogP contribution in [0.4, 0.5) is 0 Å². The van der Waals surface area contributed by atoms with Crippen molar-refractivity contribution in [1.29, 1.82) is 0 Å². The monoisotopic (exact) mass is 417 g/mol. The minimum atomic E-state index is -0.0829. The van der Waals surface area contributed by atoms with Crippen molar-refractivity contribution in [1.82, 2.24) is 15.2 Å². The number of carbonyl (C=O) groups excluding carboxylic acids is 2. The summed E-state index contributed by atoms with van der Waals surface area (Å²) in [7, 11) is 1.62. The Balaban J connectivity index is 1.36. The van der Waals surface area contributed by atoms with E-state index in [4.69, 9.17) is 4.74 Å². The molecule has 1 aliphatic rings. The Morgan fingerprint density at radius 1 is 1.10 bits per heavy atom. The molecule has 0 spiro atoms. The van der Waals surface area contributed by atoms with E-state index in [1.54, 1.807) is 7.11 Å². The number of piperidine rings is 1. The molecular formula is C25H27N3O3. The van der Waals surface area contributed by atoms with Crippen LogP contribution in [0.5, 0.6) is 5.75 Å². The summed E-state index contributed by atoms with van der Waals surface area (Å²) in [5, 5.41) is 4.01. The van der Waals surface area contributed by atoms with Crippen LogP contribution in [0.15, 0.2) is 54.6 Å². The van der Waals surface area contributed by atoms with E-state index in [2.05, 4.69) is 10.3 Å². The molecule has 2 aromatic carbocycles. The summed E-state index contributed by atoms with van der Waals surface area (Å²) in [5.41, 5.74) is 3.19. The largest absolute Gasteiger partial charge is 0.496 e. The smallest absolute Gasteiger partial charge is 0.252 e. The van der Waals surface area contributed by atoms with Crippen molar-refractivity contribution in [2.45, 2.75) is 32.2 Å². The number of hydrogen-bond donors (Lipinski definition) is 1. The van der Waals surface area contributed by atoms with Crippen molar-refractivity contribution < 1.29 is 14.3 Å². The lowest BCUT2D eigenvalue weighted by atomic mass is 10.0. The Morgan fingerprint density at radius 2 is 1.81 bits per heavy atom. The Labute approximate surface area is 182 Å². The van der Waals surface area contributed by atoms with Crippen molar-refractivity contribution in [2.24, 2.45) is 0 Å². The summed E-state index contributed by atoms with van der Waals surface area (Å²) in [4.78, 5) is 32.1. The first-order valence-electron chi connectivity index (χ1n) is 10.6. The molecule has 0 saturated carbocycles. The number of rotatable bonds is 5. The van der Waals surface area contributed by atoms with Gasteiger partial charge in [-0.3, -0.25) is 14.6 Å². The van der Waals surface area contributed by atoms with Gasteiger partial charge in [0, 0.05) is 35.8 Å². The molecule has 0 radical (unpaired) electrons. The third-order valence-corrected chi connectivity index (χ3v) is 5.81. The number of amides is 2. The van der Waals surface area contributed by atoms with Crippen LogP contribution in [0.1, 0.15) is 34.5 Å². The van der Waals surface area contributed by atoms with Gasteiger partial charge in [0.1, 0.15) is 5.75 Å². The topological polar surface area (TPSA) is 71.5 Å². The molecule has 160 valence electrons. The SMILES string of the molecule is COc1ccccc1CC(=O)N1CCC(NC(=O)c2cc(C)nc3ccccc23)CC1. The second-order valence-corrected chi connectivity index (χ2v) is 7.95. The van der Waals surface area contributed by atoms with Gasteiger partial charge in [-0.1, -0.05) is 36.4 Å². The molecule has 6 nitrogen and oxygen atoms in total. The Hall–Kier alpha value is -3.41. The number of benzene rings is 2. The fourth-order valence-electron chi connectivity index (χ4n) is 4.16. The van der Waals surface area contributed by atoms with Crippen LogP contribution in [-0.2, 0) is 11.2 Å². The summed E-state index contributed by atoms with van der Waals surface area (Å²) in [6.07, 6.45) is 1.81. The van der Waals surface area contributed by atoms with E-state index in [9.17, 15) is 9.59 Å². The lowest BCUT2D eigenvalue weighted by Gasteiger charge is -2.32. The molecule has 0 atom stereocenters. The third kappa shape index (κ3) is 4.68. The van der Waals surface area contributed by atoms with Crippen LogP contribution in [0, 0.1) is 6.92 Å². The van der Waals surface area contributed by atoms with Crippen LogP contribution in [0.3, 0.4) is 0 Å². The molecule has 3 aromatic rings. The van der Waals surface area contributed by atoms with Crippen LogP contribution in [0.2, 0.25) is 0 Å². The van der Waals surface area contributed by atoms with Gasteiger partial charge in [0.2, 0.25) is 5.91 Å². The van der Waals surface area contributed by atoms with Crippen LogP contribution >= 0.6 is 0 Å². The standard InChI is InChI=1S/C25H27N3O3/c1-17-15-21(20-8-4-5-9-22(20)26-17)25(30)27-19-11-13-28(14-12-19)24(29)16-18-7-3-6-10-23(18)31-2/h3-10,15,19H,11-14,16H2,1-2H3,(H,27,30). The lowest BCUT2D eigenvalue weighted by Crippen LogP contribution is -2.47. The molecule has 0 aliphatic carbocycles. The highest BCUT2D eigenvalue weighted by atomic mass is 16.5. The first-order chi connectivity index (χ1) is 15.0. The Bertz CT molecular complexity index is 1100. The number of para-hydroxylation sites is 2. The molecule has 1 aromatic heterocycles. The number of fused-ring (bicyclic) bond motifs is 1. The summed E-state index contributed by atoms with van der Waals surface area (Å²) < 4.78 is 5.35.